The van der Waals surface area contributed by atoms with Crippen molar-refractivity contribution in [3.63, 3.8) is 0 Å². The van der Waals surface area contributed by atoms with Crippen LogP contribution in [0.15, 0.2) is 102 Å². The highest BCUT2D eigenvalue weighted by atomic mass is 16.6. The molecule has 422 valence electrons. The number of benzene rings is 3. The van der Waals surface area contributed by atoms with Crippen molar-refractivity contribution in [1.29, 1.82) is 0 Å². The molecule has 3 fully saturated rings. The number of esters is 4. The van der Waals surface area contributed by atoms with Crippen molar-refractivity contribution < 1.29 is 90.9 Å². The Balaban J connectivity index is 1.47. The van der Waals surface area contributed by atoms with E-state index in [0.717, 1.165) is 6.92 Å². The molecule has 0 spiro atoms. The number of alkyl carbamates (subject to hydrolysis) is 2. The number of nitrogens with one attached hydrogen (secondary N) is 2. The first-order valence-electron chi connectivity index (χ1n) is 27.1. The van der Waals surface area contributed by atoms with Gasteiger partial charge in [-0.05, 0) is 89.8 Å². The van der Waals surface area contributed by atoms with Crippen LogP contribution in [0.5, 0.6) is 0 Å². The number of aliphatic hydroxyl groups is 3. The molecule has 2 amide bonds. The fraction of sp³-hybridized carbons (Fsp3) is 0.534. The molecule has 3 aliphatic carbocycles. The van der Waals surface area contributed by atoms with Gasteiger partial charge in [-0.2, -0.15) is 0 Å². The van der Waals surface area contributed by atoms with Crippen LogP contribution in [-0.2, 0) is 57.1 Å². The van der Waals surface area contributed by atoms with Crippen molar-refractivity contribution in [2.24, 2.45) is 16.7 Å². The monoisotopic (exact) mass is 1090 g/mol. The van der Waals surface area contributed by atoms with Crippen LogP contribution in [0.25, 0.3) is 0 Å². The first-order chi connectivity index (χ1) is 37.5. The Morgan fingerprint density at radius 2 is 1.23 bits per heavy atom. The maximum absolute atomic E-state index is 16.7. The van der Waals surface area contributed by atoms with E-state index in [1.54, 1.807) is 84.0 Å². The number of hydrogen-bond donors (Lipinski definition) is 5. The van der Waals surface area contributed by atoms with Gasteiger partial charge < -0.3 is 63.8 Å². The zero-order valence-electron chi connectivity index (χ0n) is 48.5. The van der Waals surface area contributed by atoms with Gasteiger partial charge in [-0.1, -0.05) is 92.7 Å². The molecule has 3 aromatic rings. The van der Waals surface area contributed by atoms with E-state index in [1.165, 1.54) is 76.2 Å². The van der Waals surface area contributed by atoms with Crippen LogP contribution in [0.4, 0.5) is 9.59 Å². The molecule has 78 heavy (non-hydrogen) atoms. The summed E-state index contributed by atoms with van der Waals surface area (Å²) in [7, 11) is -3.28. The number of amides is 2. The molecule has 2 saturated carbocycles. The minimum atomic E-state index is -3.28. The van der Waals surface area contributed by atoms with Gasteiger partial charge in [0.05, 0.1) is 45.8 Å². The third kappa shape index (κ3) is 11.4. The Morgan fingerprint density at radius 1 is 0.744 bits per heavy atom. The Hall–Kier alpha value is -6.71. The second-order valence-electron chi connectivity index (χ2n) is 23.1. The van der Waals surface area contributed by atoms with E-state index in [2.05, 4.69) is 10.6 Å². The lowest BCUT2D eigenvalue weighted by atomic mass is 9.44. The molecule has 20 nitrogen and oxygen atoms in total. The number of ether oxygens (including phenoxy) is 8. The van der Waals surface area contributed by atoms with Gasteiger partial charge in [-0.25, -0.2) is 24.0 Å². The van der Waals surface area contributed by atoms with Crippen molar-refractivity contribution in [3.05, 3.63) is 119 Å². The number of ketones is 1. The minimum Gasteiger partial charge on any atom is -0.456 e. The maximum Gasteiger partial charge on any atom is 0.408 e. The molecular weight excluding hydrogens is 1010 g/mol. The van der Waals surface area contributed by atoms with Crippen molar-refractivity contribution in [3.8, 4) is 0 Å². The topological polar surface area (TPSA) is 278 Å². The first kappa shape index (κ1) is 54.6. The van der Waals surface area contributed by atoms with Crippen LogP contribution < -0.4 is 10.6 Å². The van der Waals surface area contributed by atoms with Crippen molar-refractivity contribution >= 4 is 41.8 Å². The van der Waals surface area contributed by atoms with Crippen LogP contribution >= 0.6 is 0 Å². The molecule has 2 bridgehead atoms. The summed E-state index contributed by atoms with van der Waals surface area (Å²) in [5.41, 5.74) is -11.4. The van der Waals surface area contributed by atoms with Gasteiger partial charge in [0, 0.05) is 32.2 Å². The summed E-state index contributed by atoms with van der Waals surface area (Å²) < 4.78 is 73.1. The quantitative estimate of drug-likeness (QED) is 0.0694. The lowest BCUT2D eigenvalue weighted by molar-refractivity contribution is -0.347. The average Bonchev–Trinajstić information content (AvgIpc) is 3.46. The predicted octanol–water partition coefficient (Wildman–Crippen LogP) is 6.09. The van der Waals surface area contributed by atoms with E-state index in [4.69, 9.17) is 42.0 Å². The second-order valence-corrected chi connectivity index (χ2v) is 23.1. The number of methoxy groups -OCH3 is 1. The van der Waals surface area contributed by atoms with Gasteiger partial charge in [-0.15, -0.1) is 0 Å². The van der Waals surface area contributed by atoms with Crippen LogP contribution in [0, 0.1) is 16.7 Å². The highest BCUT2D eigenvalue weighted by Gasteiger charge is 2.78. The van der Waals surface area contributed by atoms with Gasteiger partial charge >= 0.3 is 36.1 Å². The Bertz CT molecular complexity index is 2890. The third-order valence-electron chi connectivity index (χ3n) is 15.3. The maximum atomic E-state index is 16.7. The van der Waals surface area contributed by atoms with Crippen LogP contribution in [0.3, 0.4) is 0 Å². The summed E-state index contributed by atoms with van der Waals surface area (Å²) in [5, 5.41) is 43.5. The fourth-order valence-corrected chi connectivity index (χ4v) is 11.5. The smallest absolute Gasteiger partial charge is 0.408 e. The molecular formula is C58H72N2O18. The van der Waals surface area contributed by atoms with Gasteiger partial charge in [0.25, 0.3) is 0 Å². The number of carbonyl (C=O) groups excluding carboxylic acids is 7. The van der Waals surface area contributed by atoms with E-state index in [9.17, 15) is 39.3 Å². The van der Waals surface area contributed by atoms with Gasteiger partial charge in [0.15, 0.2) is 29.7 Å². The van der Waals surface area contributed by atoms with Gasteiger partial charge in [0.2, 0.25) is 0 Å². The van der Waals surface area contributed by atoms with E-state index in [0.29, 0.717) is 0 Å². The number of carbonyl (C=O) groups is 7. The highest BCUT2D eigenvalue weighted by Crippen LogP contribution is 2.65. The fourth-order valence-electron chi connectivity index (χ4n) is 11.5. The Morgan fingerprint density at radius 3 is 1.68 bits per heavy atom. The highest BCUT2D eigenvalue weighted by molar-refractivity contribution is 5.96. The van der Waals surface area contributed by atoms with Crippen LogP contribution in [-0.4, -0.2) is 136 Å². The predicted molar refractivity (Wildman–Crippen MR) is 277 cm³/mol. The minimum absolute atomic E-state index is 0.0601. The third-order valence-corrected chi connectivity index (χ3v) is 15.3. The molecule has 5 N–H and O–H groups in total. The zero-order valence-corrected chi connectivity index (χ0v) is 45.5. The van der Waals surface area contributed by atoms with Gasteiger partial charge in [0.1, 0.15) is 35.1 Å². The van der Waals surface area contributed by atoms with Crippen molar-refractivity contribution in [2.75, 3.05) is 13.6 Å². The second kappa shape index (κ2) is 22.2. The number of fused-ring (bicyclic) bond motifs is 5. The summed E-state index contributed by atoms with van der Waals surface area (Å²) in [6, 6.07) is 20.0. The standard InChI is InChI=1S/C58H72N2O18/c1-31-36(73-49(66)42(62)40(33-22-16-13-17-23-33)59-51(68)77-53(3,4)5)29-58(70)47(75-48(65)35-26-20-15-21-27-35)45-56(11,37(71-12)28-38-57(45,30-72-38)76-32(2)61)46(64)44(39(31)55(58,9)10)74-50(67)43(63)41(34-24-18-14-19-25-34)60-52(69)78-54(6,7)8/h13-27,36-38,40-45,47,62-63,70H,28-30H2,1-12H3,(H,59,68)(H,60,69)/t36-,37-,38+,40-,41-,42+,43+,44+,45-,47-,56+,57-,58?/m0/s1/i12D3. The molecule has 1 unspecified atom stereocenters. The zero-order chi connectivity index (χ0) is 60.0. The molecule has 1 heterocycles. The summed E-state index contributed by atoms with van der Waals surface area (Å²) >= 11 is 0. The van der Waals surface area contributed by atoms with E-state index >= 15 is 9.59 Å². The summed E-state index contributed by atoms with van der Waals surface area (Å²) in [4.78, 5) is 101. The SMILES string of the molecule is [2H]C([2H])([2H])O[C@H]1C[C@H]2OC[C@@]2(OC(C)=O)[C@H]2[C@H](OC(=O)c3ccccc3)C3(O)C[C@H](OC(=O)[C@H](O)[C@@H](NC(=O)OC(C)(C)C)c4ccccc4)C(C)=C([C@@H](OC(=O)[C@H](O)[C@@H](NC(=O)OC(C)(C)C)c4ccccc4)C(=O)[C@]12C)C3(C)C. The molecule has 0 radical (unpaired) electrons. The van der Waals surface area contributed by atoms with E-state index in [-0.39, 0.29) is 27.8 Å². The van der Waals surface area contributed by atoms with Crippen molar-refractivity contribution in [1.82, 2.24) is 10.6 Å². The normalized spacial score (nSPS) is 29.6. The largest absolute Gasteiger partial charge is 0.456 e. The summed E-state index contributed by atoms with van der Waals surface area (Å²) in [6.07, 6.45) is -17.2. The molecule has 20 heteroatoms. The van der Waals surface area contributed by atoms with E-state index in [1.807, 2.05) is 0 Å². The summed E-state index contributed by atoms with van der Waals surface area (Å²) in [5.74, 6) is -8.04. The molecule has 1 saturated heterocycles. The molecule has 3 aromatic carbocycles. The van der Waals surface area contributed by atoms with Crippen LogP contribution in [0.1, 0.15) is 127 Å². The number of hydrogen-bond acceptors (Lipinski definition) is 18. The summed E-state index contributed by atoms with van der Waals surface area (Å²) in [6.45, 7) is 15.6. The lowest BCUT2D eigenvalue weighted by Crippen LogP contribution is -2.82. The van der Waals surface area contributed by atoms with Crippen LogP contribution in [0.2, 0.25) is 0 Å². The first-order valence-corrected chi connectivity index (χ1v) is 25.6. The Labute approximate surface area is 457 Å². The number of Topliss-reactive ketones (excluding diaryl/α,β-unsaturated/α-hetero) is 1. The molecule has 13 atom stereocenters. The molecule has 4 aliphatic rings. The van der Waals surface area contributed by atoms with Crippen molar-refractivity contribution in [2.45, 2.75) is 166 Å². The molecule has 0 aromatic heterocycles. The average molecular weight is 1090 g/mol. The number of rotatable bonds is 14. The molecule has 1 aliphatic heterocycles. The number of aliphatic hydroxyl groups excluding tert-OH is 2. The van der Waals surface area contributed by atoms with Gasteiger partial charge in [-0.3, -0.25) is 9.59 Å². The van der Waals surface area contributed by atoms with E-state index < -0.39 is 162 Å². The Kier molecular flexibility index (Phi) is 15.6. The lowest BCUT2D eigenvalue weighted by Gasteiger charge is -2.67. The molecule has 7 rings (SSSR count).